The molecule has 0 fully saturated rings. The van der Waals surface area contributed by atoms with E-state index in [-0.39, 0.29) is 17.9 Å². The number of rotatable bonds is 5. The zero-order valence-electron chi connectivity index (χ0n) is 11.8. The van der Waals surface area contributed by atoms with Crippen LogP contribution in [-0.2, 0) is 6.54 Å². The summed E-state index contributed by atoms with van der Waals surface area (Å²) in [5, 5.41) is 2.51. The molecule has 2 aromatic carbocycles. The summed E-state index contributed by atoms with van der Waals surface area (Å²) >= 11 is 0. The highest BCUT2D eigenvalue weighted by atomic mass is 19.2. The van der Waals surface area contributed by atoms with Gasteiger partial charge in [0.05, 0.1) is 6.61 Å². The third kappa shape index (κ3) is 3.78. The predicted octanol–water partition coefficient (Wildman–Crippen LogP) is 3.43. The van der Waals surface area contributed by atoms with Gasteiger partial charge < -0.3 is 10.1 Å². The molecule has 0 heterocycles. The fourth-order valence-corrected chi connectivity index (χ4v) is 1.85. The van der Waals surface area contributed by atoms with Gasteiger partial charge in [-0.2, -0.15) is 0 Å². The van der Waals surface area contributed by atoms with Gasteiger partial charge in [0.2, 0.25) is 0 Å². The molecule has 0 aliphatic rings. The van der Waals surface area contributed by atoms with Crippen molar-refractivity contribution < 1.29 is 22.7 Å². The maximum atomic E-state index is 13.7. The first-order valence-electron chi connectivity index (χ1n) is 6.65. The van der Waals surface area contributed by atoms with Gasteiger partial charge in [-0.05, 0) is 42.8 Å². The largest absolute Gasteiger partial charge is 0.491 e. The third-order valence-corrected chi connectivity index (χ3v) is 2.93. The van der Waals surface area contributed by atoms with Gasteiger partial charge in [-0.25, -0.2) is 13.2 Å². The van der Waals surface area contributed by atoms with Crippen molar-refractivity contribution in [3.05, 3.63) is 65.0 Å². The molecule has 0 aliphatic heterocycles. The van der Waals surface area contributed by atoms with Gasteiger partial charge in [-0.15, -0.1) is 0 Å². The number of carbonyl (C=O) groups excluding carboxylic acids is 1. The van der Waals surface area contributed by atoms with Crippen LogP contribution in [0.4, 0.5) is 13.2 Å². The highest BCUT2D eigenvalue weighted by Gasteiger charge is 2.10. The maximum absolute atomic E-state index is 13.7. The van der Waals surface area contributed by atoms with E-state index in [1.165, 1.54) is 18.2 Å². The summed E-state index contributed by atoms with van der Waals surface area (Å²) < 4.78 is 44.6. The molecule has 0 saturated carbocycles. The molecule has 0 saturated heterocycles. The van der Waals surface area contributed by atoms with Gasteiger partial charge in [-0.3, -0.25) is 4.79 Å². The van der Waals surface area contributed by atoms with Crippen LogP contribution in [0.2, 0.25) is 0 Å². The van der Waals surface area contributed by atoms with E-state index in [0.717, 1.165) is 12.1 Å². The molecule has 0 aromatic heterocycles. The molecule has 0 spiro atoms. The summed E-state index contributed by atoms with van der Waals surface area (Å²) in [7, 11) is 0. The third-order valence-electron chi connectivity index (χ3n) is 2.93. The fraction of sp³-hybridized carbons (Fsp3) is 0.188. The van der Waals surface area contributed by atoms with Gasteiger partial charge >= 0.3 is 0 Å². The SMILES string of the molecule is CCOc1ccc(CNC(=O)c2ccc(F)c(F)c2)cc1F. The first-order valence-corrected chi connectivity index (χ1v) is 6.65. The van der Waals surface area contributed by atoms with Crippen LogP contribution in [0.1, 0.15) is 22.8 Å². The first kappa shape index (κ1) is 15.9. The van der Waals surface area contributed by atoms with Crippen LogP contribution in [0.15, 0.2) is 36.4 Å². The lowest BCUT2D eigenvalue weighted by Gasteiger charge is -2.08. The molecule has 3 nitrogen and oxygen atoms in total. The molecule has 1 N–H and O–H groups in total. The average molecular weight is 309 g/mol. The summed E-state index contributed by atoms with van der Waals surface area (Å²) in [5.41, 5.74) is 0.516. The highest BCUT2D eigenvalue weighted by molar-refractivity contribution is 5.94. The Kier molecular flexibility index (Phi) is 5.04. The van der Waals surface area contributed by atoms with E-state index in [9.17, 15) is 18.0 Å². The van der Waals surface area contributed by atoms with Crippen molar-refractivity contribution in [3.8, 4) is 5.75 Å². The van der Waals surface area contributed by atoms with Crippen LogP contribution in [0.5, 0.6) is 5.75 Å². The molecular formula is C16H14F3NO2. The van der Waals surface area contributed by atoms with Crippen molar-refractivity contribution in [1.82, 2.24) is 5.32 Å². The maximum Gasteiger partial charge on any atom is 0.251 e. The standard InChI is InChI=1S/C16H14F3NO2/c1-2-22-15-6-3-10(7-14(15)19)9-20-16(21)11-4-5-12(17)13(18)8-11/h3-8H,2,9H2,1H3,(H,20,21). The van der Waals surface area contributed by atoms with E-state index in [1.807, 2.05) is 0 Å². The molecular weight excluding hydrogens is 295 g/mol. The molecule has 2 rings (SSSR count). The molecule has 0 aliphatic carbocycles. The van der Waals surface area contributed by atoms with Crippen molar-refractivity contribution >= 4 is 5.91 Å². The molecule has 6 heteroatoms. The van der Waals surface area contributed by atoms with E-state index < -0.39 is 23.4 Å². The Bertz CT molecular complexity index is 689. The van der Waals surface area contributed by atoms with E-state index in [2.05, 4.69) is 5.32 Å². The van der Waals surface area contributed by atoms with Gasteiger partial charge in [0.1, 0.15) is 0 Å². The number of amides is 1. The number of nitrogens with one attached hydrogen (secondary N) is 1. The van der Waals surface area contributed by atoms with Crippen LogP contribution < -0.4 is 10.1 Å². The molecule has 116 valence electrons. The van der Waals surface area contributed by atoms with Gasteiger partial charge in [-0.1, -0.05) is 6.07 Å². The van der Waals surface area contributed by atoms with Crippen molar-refractivity contribution in [2.45, 2.75) is 13.5 Å². The van der Waals surface area contributed by atoms with Crippen LogP contribution in [0, 0.1) is 17.5 Å². The van der Waals surface area contributed by atoms with Crippen LogP contribution >= 0.6 is 0 Å². The van der Waals surface area contributed by atoms with Gasteiger partial charge in [0.15, 0.2) is 23.2 Å². The minimum Gasteiger partial charge on any atom is -0.491 e. The molecule has 22 heavy (non-hydrogen) atoms. The molecule has 0 unspecified atom stereocenters. The smallest absolute Gasteiger partial charge is 0.251 e. The average Bonchev–Trinajstić information content (AvgIpc) is 2.50. The quantitative estimate of drug-likeness (QED) is 0.919. The Balaban J connectivity index is 2.01. The van der Waals surface area contributed by atoms with Gasteiger partial charge in [0, 0.05) is 12.1 Å². The number of hydrogen-bond donors (Lipinski definition) is 1. The molecule has 0 bridgehead atoms. The van der Waals surface area contributed by atoms with E-state index in [1.54, 1.807) is 13.0 Å². The Morgan fingerprint density at radius 2 is 1.82 bits per heavy atom. The van der Waals surface area contributed by atoms with Crippen LogP contribution in [-0.4, -0.2) is 12.5 Å². The topological polar surface area (TPSA) is 38.3 Å². The van der Waals surface area contributed by atoms with Crippen LogP contribution in [0.3, 0.4) is 0 Å². The molecule has 0 atom stereocenters. The Labute approximate surface area is 125 Å². The number of hydrogen-bond acceptors (Lipinski definition) is 2. The second-order valence-electron chi connectivity index (χ2n) is 4.51. The fourth-order valence-electron chi connectivity index (χ4n) is 1.85. The number of ether oxygens (including phenoxy) is 1. The summed E-state index contributed by atoms with van der Waals surface area (Å²) in [6.07, 6.45) is 0. The second kappa shape index (κ2) is 6.98. The number of benzene rings is 2. The second-order valence-corrected chi connectivity index (χ2v) is 4.51. The van der Waals surface area contributed by atoms with E-state index in [4.69, 9.17) is 4.74 Å². The lowest BCUT2D eigenvalue weighted by molar-refractivity contribution is 0.0950. The highest BCUT2D eigenvalue weighted by Crippen LogP contribution is 2.18. The van der Waals surface area contributed by atoms with E-state index >= 15 is 0 Å². The lowest BCUT2D eigenvalue weighted by Crippen LogP contribution is -2.23. The Morgan fingerprint density at radius 3 is 2.45 bits per heavy atom. The normalized spacial score (nSPS) is 10.4. The minimum atomic E-state index is -1.10. The monoisotopic (exact) mass is 309 g/mol. The minimum absolute atomic E-state index is 0.00897. The lowest BCUT2D eigenvalue weighted by atomic mass is 10.1. The summed E-state index contributed by atoms with van der Waals surface area (Å²) in [5.74, 6) is -3.09. The Hall–Kier alpha value is -2.50. The number of halogens is 3. The van der Waals surface area contributed by atoms with Crippen molar-refractivity contribution in [1.29, 1.82) is 0 Å². The Morgan fingerprint density at radius 1 is 1.05 bits per heavy atom. The molecule has 0 radical (unpaired) electrons. The van der Waals surface area contributed by atoms with Gasteiger partial charge in [0.25, 0.3) is 5.91 Å². The zero-order valence-corrected chi connectivity index (χ0v) is 11.8. The van der Waals surface area contributed by atoms with Crippen molar-refractivity contribution in [2.24, 2.45) is 0 Å². The molecule has 2 aromatic rings. The molecule has 1 amide bonds. The number of carbonyl (C=O) groups is 1. The summed E-state index contributed by atoms with van der Waals surface area (Å²) in [4.78, 5) is 11.8. The van der Waals surface area contributed by atoms with E-state index in [0.29, 0.717) is 12.2 Å². The van der Waals surface area contributed by atoms with Crippen molar-refractivity contribution in [2.75, 3.05) is 6.61 Å². The predicted molar refractivity (Wildman–Crippen MR) is 75.1 cm³/mol. The summed E-state index contributed by atoms with van der Waals surface area (Å²) in [6.45, 7) is 2.15. The summed E-state index contributed by atoms with van der Waals surface area (Å²) in [6, 6.07) is 7.19. The first-order chi connectivity index (χ1) is 10.5. The van der Waals surface area contributed by atoms with Crippen LogP contribution in [0.25, 0.3) is 0 Å². The van der Waals surface area contributed by atoms with Crippen molar-refractivity contribution in [3.63, 3.8) is 0 Å². The zero-order chi connectivity index (χ0) is 16.1.